The van der Waals surface area contributed by atoms with Gasteiger partial charge in [-0.2, -0.15) is 0 Å². The van der Waals surface area contributed by atoms with Crippen LogP contribution in [0.15, 0.2) is 24.3 Å². The summed E-state index contributed by atoms with van der Waals surface area (Å²) in [6.07, 6.45) is 4.70. The summed E-state index contributed by atoms with van der Waals surface area (Å²) in [6, 6.07) is 8.59. The minimum absolute atomic E-state index is 0.0432. The van der Waals surface area contributed by atoms with Gasteiger partial charge in [0.15, 0.2) is 0 Å². The van der Waals surface area contributed by atoms with Gasteiger partial charge >= 0.3 is 97.9 Å². The number of aliphatic hydroxyl groups excluding tert-OH is 1. The fraction of sp³-hybridized carbons (Fsp3) is 0.538. The van der Waals surface area contributed by atoms with Gasteiger partial charge < -0.3 is 0 Å². The molecule has 0 bridgehead atoms. The van der Waals surface area contributed by atoms with Crippen LogP contribution in [0.3, 0.4) is 0 Å². The fourth-order valence-electron chi connectivity index (χ4n) is 2.07. The van der Waals surface area contributed by atoms with Crippen LogP contribution in [0.25, 0.3) is 0 Å². The number of rotatable bonds is 2. The molecule has 0 saturated heterocycles. The van der Waals surface area contributed by atoms with Crippen molar-refractivity contribution in [2.45, 2.75) is 43.5 Å². The molecule has 15 heavy (non-hydrogen) atoms. The van der Waals surface area contributed by atoms with Gasteiger partial charge in [-0.1, -0.05) is 0 Å². The summed E-state index contributed by atoms with van der Waals surface area (Å²) in [5.41, 5.74) is 1.38. The number of hydrogen-bond acceptors (Lipinski definition) is 1. The SMILES string of the molecule is Cc1ccccc1[Se][C@H]1CCCC[C@@H]1O. The van der Waals surface area contributed by atoms with Crippen molar-refractivity contribution in [2.24, 2.45) is 0 Å². The summed E-state index contributed by atoms with van der Waals surface area (Å²) in [7, 11) is 0. The molecule has 0 aromatic heterocycles. The van der Waals surface area contributed by atoms with Crippen LogP contribution in [-0.4, -0.2) is 26.2 Å². The van der Waals surface area contributed by atoms with E-state index < -0.39 is 0 Å². The average molecular weight is 269 g/mol. The zero-order valence-electron chi connectivity index (χ0n) is 9.15. The Balaban J connectivity index is 2.04. The van der Waals surface area contributed by atoms with Gasteiger partial charge in [0, 0.05) is 0 Å². The quantitative estimate of drug-likeness (QED) is 0.815. The van der Waals surface area contributed by atoms with Crippen molar-refractivity contribution in [3.05, 3.63) is 29.8 Å². The van der Waals surface area contributed by atoms with Crippen LogP contribution in [0.4, 0.5) is 0 Å². The molecular weight excluding hydrogens is 251 g/mol. The van der Waals surface area contributed by atoms with E-state index in [2.05, 4.69) is 31.2 Å². The Kier molecular flexibility index (Phi) is 3.85. The van der Waals surface area contributed by atoms with Gasteiger partial charge in [0.05, 0.1) is 0 Å². The molecule has 0 heterocycles. The van der Waals surface area contributed by atoms with Crippen molar-refractivity contribution >= 4 is 19.4 Å². The molecule has 1 aromatic carbocycles. The normalized spacial score (nSPS) is 26.5. The molecule has 2 atom stereocenters. The number of aliphatic hydroxyl groups is 1. The Bertz CT molecular complexity index is 324. The molecule has 1 nitrogen and oxygen atoms in total. The summed E-state index contributed by atoms with van der Waals surface area (Å²) in [6.45, 7) is 2.17. The zero-order chi connectivity index (χ0) is 10.7. The molecule has 1 fully saturated rings. The van der Waals surface area contributed by atoms with E-state index in [0.717, 1.165) is 6.42 Å². The second kappa shape index (κ2) is 5.16. The van der Waals surface area contributed by atoms with Gasteiger partial charge in [0.1, 0.15) is 0 Å². The van der Waals surface area contributed by atoms with Crippen LogP contribution in [0, 0.1) is 6.92 Å². The Labute approximate surface area is 98.1 Å². The third-order valence-electron chi connectivity index (χ3n) is 3.04. The maximum atomic E-state index is 9.94. The molecule has 82 valence electrons. The van der Waals surface area contributed by atoms with Crippen LogP contribution in [-0.2, 0) is 0 Å². The van der Waals surface area contributed by atoms with E-state index in [1.807, 2.05) is 0 Å². The molecule has 0 unspecified atom stereocenters. The first-order chi connectivity index (χ1) is 7.27. The summed E-state index contributed by atoms with van der Waals surface area (Å²) in [5, 5.41) is 9.94. The van der Waals surface area contributed by atoms with Gasteiger partial charge in [-0.3, -0.25) is 0 Å². The second-order valence-corrected chi connectivity index (χ2v) is 6.96. The Morgan fingerprint density at radius 1 is 1.20 bits per heavy atom. The van der Waals surface area contributed by atoms with Crippen molar-refractivity contribution in [3.63, 3.8) is 0 Å². The maximum absolute atomic E-state index is 9.94. The molecule has 0 spiro atoms. The third-order valence-corrected chi connectivity index (χ3v) is 6.32. The average Bonchev–Trinajstić information content (AvgIpc) is 2.24. The summed E-state index contributed by atoms with van der Waals surface area (Å²) >= 11 is 0.450. The molecule has 1 aliphatic carbocycles. The Morgan fingerprint density at radius 3 is 2.67 bits per heavy atom. The van der Waals surface area contributed by atoms with Crippen LogP contribution < -0.4 is 4.46 Å². The van der Waals surface area contributed by atoms with Gasteiger partial charge in [0.25, 0.3) is 0 Å². The Hall–Kier alpha value is -0.301. The second-order valence-electron chi connectivity index (χ2n) is 4.27. The fourth-order valence-corrected chi connectivity index (χ4v) is 4.83. The van der Waals surface area contributed by atoms with Crippen LogP contribution in [0.2, 0.25) is 4.82 Å². The number of aryl methyl sites for hydroxylation is 1. The first kappa shape index (κ1) is 11.2. The van der Waals surface area contributed by atoms with E-state index in [1.165, 1.54) is 29.3 Å². The van der Waals surface area contributed by atoms with Crippen molar-refractivity contribution < 1.29 is 5.11 Å². The topological polar surface area (TPSA) is 20.2 Å². The molecule has 2 rings (SSSR count). The van der Waals surface area contributed by atoms with Crippen molar-refractivity contribution in [3.8, 4) is 0 Å². The molecule has 1 N–H and O–H groups in total. The van der Waals surface area contributed by atoms with Crippen molar-refractivity contribution in [2.75, 3.05) is 0 Å². The predicted octanol–water partition coefficient (Wildman–Crippen LogP) is 2.05. The van der Waals surface area contributed by atoms with E-state index in [0.29, 0.717) is 19.8 Å². The molecule has 0 radical (unpaired) electrons. The van der Waals surface area contributed by atoms with E-state index >= 15 is 0 Å². The van der Waals surface area contributed by atoms with E-state index in [-0.39, 0.29) is 6.10 Å². The molecule has 1 aromatic rings. The first-order valence-corrected chi connectivity index (χ1v) is 7.52. The number of benzene rings is 1. The Morgan fingerprint density at radius 2 is 1.93 bits per heavy atom. The third kappa shape index (κ3) is 2.84. The van der Waals surface area contributed by atoms with E-state index in [1.54, 1.807) is 0 Å². The van der Waals surface area contributed by atoms with Gasteiger partial charge in [-0.15, -0.1) is 0 Å². The van der Waals surface area contributed by atoms with Gasteiger partial charge in [0.2, 0.25) is 0 Å². The van der Waals surface area contributed by atoms with Crippen LogP contribution in [0.5, 0.6) is 0 Å². The molecular formula is C13H18OSe. The molecule has 0 amide bonds. The van der Waals surface area contributed by atoms with Crippen LogP contribution >= 0.6 is 0 Å². The molecule has 1 aliphatic rings. The van der Waals surface area contributed by atoms with Crippen LogP contribution in [0.1, 0.15) is 31.2 Å². The predicted molar refractivity (Wildman–Crippen MR) is 64.8 cm³/mol. The molecule has 0 aliphatic heterocycles. The summed E-state index contributed by atoms with van der Waals surface area (Å²) in [5.74, 6) is 0. The monoisotopic (exact) mass is 270 g/mol. The van der Waals surface area contributed by atoms with Crippen molar-refractivity contribution in [1.29, 1.82) is 0 Å². The van der Waals surface area contributed by atoms with Crippen molar-refractivity contribution in [1.82, 2.24) is 0 Å². The molecule has 1 saturated carbocycles. The summed E-state index contributed by atoms with van der Waals surface area (Å²) in [4.78, 5) is 0.548. The number of hydrogen-bond donors (Lipinski definition) is 1. The minimum atomic E-state index is -0.0432. The van der Waals surface area contributed by atoms with E-state index in [9.17, 15) is 5.11 Å². The van der Waals surface area contributed by atoms with Gasteiger partial charge in [-0.25, -0.2) is 0 Å². The summed E-state index contributed by atoms with van der Waals surface area (Å²) < 4.78 is 1.47. The van der Waals surface area contributed by atoms with E-state index in [4.69, 9.17) is 0 Å². The zero-order valence-corrected chi connectivity index (χ0v) is 10.9. The first-order valence-electron chi connectivity index (χ1n) is 5.68. The molecule has 2 heteroatoms. The standard InChI is InChI=1S/C13H18OSe/c1-10-6-2-4-8-12(10)15-13-9-5-3-7-11(13)14/h2,4,6,8,11,13-14H,3,5,7,9H2,1H3/t11-,13-/m0/s1. The van der Waals surface area contributed by atoms with Gasteiger partial charge in [-0.05, 0) is 0 Å².